The summed E-state index contributed by atoms with van der Waals surface area (Å²) in [4.78, 5) is 18.0. The average Bonchev–Trinajstić information content (AvgIpc) is 3.09. The Morgan fingerprint density at radius 1 is 1.17 bits per heavy atom. The van der Waals surface area contributed by atoms with Crippen molar-refractivity contribution in [3.63, 3.8) is 0 Å². The van der Waals surface area contributed by atoms with Gasteiger partial charge in [0, 0.05) is 33.0 Å². The van der Waals surface area contributed by atoms with Gasteiger partial charge in [-0.2, -0.15) is 0 Å². The minimum absolute atomic E-state index is 0.0879. The van der Waals surface area contributed by atoms with Crippen LogP contribution in [0.25, 0.3) is 10.6 Å². The summed E-state index contributed by atoms with van der Waals surface area (Å²) in [6.07, 6.45) is 1.78. The Bertz CT molecular complexity index is 829. The van der Waals surface area contributed by atoms with Crippen LogP contribution in [0.3, 0.4) is 0 Å². The molecule has 3 nitrogen and oxygen atoms in total. The molecule has 1 amide bonds. The van der Waals surface area contributed by atoms with Gasteiger partial charge in [-0.15, -0.1) is 23.1 Å². The molecule has 1 aromatic heterocycles. The van der Waals surface area contributed by atoms with Crippen LogP contribution in [-0.2, 0) is 0 Å². The summed E-state index contributed by atoms with van der Waals surface area (Å²) >= 11 is 3.28. The van der Waals surface area contributed by atoms with Crippen molar-refractivity contribution in [3.05, 3.63) is 65.7 Å². The van der Waals surface area contributed by atoms with Crippen LogP contribution >= 0.6 is 23.1 Å². The fourth-order valence-corrected chi connectivity index (χ4v) is 3.89. The lowest BCUT2D eigenvalue weighted by molar-refractivity contribution is 0.102. The van der Waals surface area contributed by atoms with Gasteiger partial charge in [-0.05, 0) is 24.3 Å². The van der Waals surface area contributed by atoms with Gasteiger partial charge < -0.3 is 5.32 Å². The van der Waals surface area contributed by atoms with E-state index in [0.717, 1.165) is 21.2 Å². The zero-order valence-electron chi connectivity index (χ0n) is 13.5. The first-order valence-corrected chi connectivity index (χ1v) is 9.46. The van der Waals surface area contributed by atoms with Crippen LogP contribution in [0.5, 0.6) is 0 Å². The molecular formula is C19H18N2OS2. The van der Waals surface area contributed by atoms with Gasteiger partial charge >= 0.3 is 0 Å². The predicted molar refractivity (Wildman–Crippen MR) is 103 cm³/mol. The molecule has 5 heteroatoms. The zero-order chi connectivity index (χ0) is 16.9. The smallest absolute Gasteiger partial charge is 0.256 e. The third-order valence-electron chi connectivity index (χ3n) is 3.29. The fraction of sp³-hybridized carbons (Fsp3) is 0.158. The second-order valence-electron chi connectivity index (χ2n) is 5.53. The Morgan fingerprint density at radius 3 is 2.75 bits per heavy atom. The number of hydrogen-bond acceptors (Lipinski definition) is 4. The SMILES string of the molecule is CC(C)Sc1ccccc1C(=O)Nc1cccc(-c2nccs2)c1. The molecule has 24 heavy (non-hydrogen) atoms. The first-order chi connectivity index (χ1) is 11.6. The average molecular weight is 355 g/mol. The van der Waals surface area contributed by atoms with E-state index >= 15 is 0 Å². The Balaban J connectivity index is 1.82. The van der Waals surface area contributed by atoms with Crippen molar-refractivity contribution < 1.29 is 4.79 Å². The number of thioether (sulfide) groups is 1. The zero-order valence-corrected chi connectivity index (χ0v) is 15.2. The van der Waals surface area contributed by atoms with Gasteiger partial charge in [0.1, 0.15) is 5.01 Å². The molecular weight excluding hydrogens is 336 g/mol. The van der Waals surface area contributed by atoms with Gasteiger partial charge in [0.15, 0.2) is 0 Å². The van der Waals surface area contributed by atoms with E-state index < -0.39 is 0 Å². The first-order valence-electron chi connectivity index (χ1n) is 7.70. The molecule has 0 atom stereocenters. The lowest BCUT2D eigenvalue weighted by atomic mass is 10.2. The molecule has 0 unspecified atom stereocenters. The molecule has 1 N–H and O–H groups in total. The second-order valence-corrected chi connectivity index (χ2v) is 8.05. The van der Waals surface area contributed by atoms with E-state index in [2.05, 4.69) is 24.1 Å². The number of hydrogen-bond donors (Lipinski definition) is 1. The Hall–Kier alpha value is -2.11. The molecule has 0 aliphatic heterocycles. The highest BCUT2D eigenvalue weighted by Gasteiger charge is 2.13. The number of carbonyl (C=O) groups excluding carboxylic acids is 1. The lowest BCUT2D eigenvalue weighted by Crippen LogP contribution is -2.13. The molecule has 3 rings (SSSR count). The van der Waals surface area contributed by atoms with E-state index in [1.54, 1.807) is 29.3 Å². The number of amides is 1. The number of nitrogens with one attached hydrogen (secondary N) is 1. The largest absolute Gasteiger partial charge is 0.322 e. The molecule has 0 fully saturated rings. The highest BCUT2D eigenvalue weighted by atomic mass is 32.2. The van der Waals surface area contributed by atoms with E-state index in [0.29, 0.717) is 10.8 Å². The summed E-state index contributed by atoms with van der Waals surface area (Å²) in [6, 6.07) is 15.5. The first kappa shape index (κ1) is 16.7. The molecule has 0 aliphatic carbocycles. The fourth-order valence-electron chi connectivity index (χ4n) is 2.31. The Kier molecular flexibility index (Phi) is 5.33. The predicted octanol–water partition coefficient (Wildman–Crippen LogP) is 5.56. The number of carbonyl (C=O) groups is 1. The third-order valence-corrected chi connectivity index (χ3v) is 5.20. The third kappa shape index (κ3) is 4.04. The van der Waals surface area contributed by atoms with Gasteiger partial charge in [0.25, 0.3) is 5.91 Å². The quantitative estimate of drug-likeness (QED) is 0.610. The van der Waals surface area contributed by atoms with Crippen molar-refractivity contribution in [3.8, 4) is 10.6 Å². The van der Waals surface area contributed by atoms with Crippen molar-refractivity contribution >= 4 is 34.7 Å². The minimum Gasteiger partial charge on any atom is -0.322 e. The van der Waals surface area contributed by atoms with Gasteiger partial charge in [-0.1, -0.05) is 38.1 Å². The van der Waals surface area contributed by atoms with Crippen molar-refractivity contribution in [2.24, 2.45) is 0 Å². The molecule has 0 bridgehead atoms. The van der Waals surface area contributed by atoms with Crippen LogP contribution in [0.1, 0.15) is 24.2 Å². The second kappa shape index (κ2) is 7.64. The summed E-state index contributed by atoms with van der Waals surface area (Å²) in [6.45, 7) is 4.24. The number of anilines is 1. The monoisotopic (exact) mass is 354 g/mol. The van der Waals surface area contributed by atoms with Crippen molar-refractivity contribution in [2.45, 2.75) is 24.0 Å². The molecule has 122 valence electrons. The minimum atomic E-state index is -0.0879. The summed E-state index contributed by atoms with van der Waals surface area (Å²) in [5.74, 6) is -0.0879. The molecule has 0 saturated carbocycles. The van der Waals surface area contributed by atoms with E-state index in [9.17, 15) is 4.79 Å². The van der Waals surface area contributed by atoms with Crippen LogP contribution in [0, 0.1) is 0 Å². The molecule has 3 aromatic rings. The summed E-state index contributed by atoms with van der Waals surface area (Å²) in [7, 11) is 0. The topological polar surface area (TPSA) is 42.0 Å². The van der Waals surface area contributed by atoms with Crippen LogP contribution in [0.4, 0.5) is 5.69 Å². The maximum atomic E-state index is 12.7. The van der Waals surface area contributed by atoms with Gasteiger partial charge in [0.2, 0.25) is 0 Å². The van der Waals surface area contributed by atoms with Crippen LogP contribution in [0.15, 0.2) is 65.0 Å². The molecule has 0 saturated heterocycles. The van der Waals surface area contributed by atoms with Gasteiger partial charge in [-0.3, -0.25) is 4.79 Å². The molecule has 1 heterocycles. The number of rotatable bonds is 5. The number of benzene rings is 2. The Labute approximate surface area is 150 Å². The summed E-state index contributed by atoms with van der Waals surface area (Å²) in [5.41, 5.74) is 2.49. The van der Waals surface area contributed by atoms with Gasteiger partial charge in [-0.25, -0.2) is 4.98 Å². The number of thiazole rings is 1. The summed E-state index contributed by atoms with van der Waals surface area (Å²) < 4.78 is 0. The molecule has 2 aromatic carbocycles. The maximum Gasteiger partial charge on any atom is 0.256 e. The van der Waals surface area contributed by atoms with Crippen molar-refractivity contribution in [2.75, 3.05) is 5.32 Å². The van der Waals surface area contributed by atoms with Crippen molar-refractivity contribution in [1.29, 1.82) is 0 Å². The Morgan fingerprint density at radius 2 is 2.00 bits per heavy atom. The van der Waals surface area contributed by atoms with E-state index in [4.69, 9.17) is 0 Å². The molecule has 0 aliphatic rings. The van der Waals surface area contributed by atoms with Crippen LogP contribution < -0.4 is 5.32 Å². The van der Waals surface area contributed by atoms with E-state index in [1.807, 2.05) is 53.9 Å². The standard InChI is InChI=1S/C19H18N2OS2/c1-13(2)24-17-9-4-3-8-16(17)18(22)21-15-7-5-6-14(12-15)19-20-10-11-23-19/h3-13H,1-2H3,(H,21,22). The normalized spacial score (nSPS) is 10.8. The number of aromatic nitrogens is 1. The van der Waals surface area contributed by atoms with Gasteiger partial charge in [0.05, 0.1) is 5.56 Å². The van der Waals surface area contributed by atoms with Crippen molar-refractivity contribution in [1.82, 2.24) is 4.98 Å². The highest BCUT2D eigenvalue weighted by Crippen LogP contribution is 2.28. The maximum absolute atomic E-state index is 12.7. The van der Waals surface area contributed by atoms with E-state index in [1.165, 1.54) is 0 Å². The van der Waals surface area contributed by atoms with Crippen LogP contribution in [-0.4, -0.2) is 16.1 Å². The summed E-state index contributed by atoms with van der Waals surface area (Å²) in [5, 5.41) is 6.31. The van der Waals surface area contributed by atoms with Crippen LogP contribution in [0.2, 0.25) is 0 Å². The molecule has 0 radical (unpaired) electrons. The molecule has 0 spiro atoms. The van der Waals surface area contributed by atoms with E-state index in [-0.39, 0.29) is 5.91 Å². The number of nitrogens with zero attached hydrogens (tertiary/aromatic N) is 1. The lowest BCUT2D eigenvalue weighted by Gasteiger charge is -2.12. The highest BCUT2D eigenvalue weighted by molar-refractivity contribution is 8.00.